The molecule has 0 N–H and O–H groups in total. The van der Waals surface area contributed by atoms with Crippen LogP contribution in [-0.4, -0.2) is 21.8 Å². The molecule has 2 heterocycles. The van der Waals surface area contributed by atoms with Gasteiger partial charge in [-0.2, -0.15) is 0 Å². The van der Waals surface area contributed by atoms with Crippen LogP contribution in [0.2, 0.25) is 0 Å². The fourth-order valence-electron chi connectivity index (χ4n) is 5.94. The SMILES string of the molecule is O=C1C2C3C=CC(C3)C2C(=O)N1c1ccc(-c2nc(-c3ccccc3)c3ccccc3n2)cc1. The molecule has 2 fully saturated rings. The Morgan fingerprint density at radius 2 is 1.32 bits per heavy atom. The van der Waals surface area contributed by atoms with E-state index in [2.05, 4.69) is 12.2 Å². The maximum absolute atomic E-state index is 13.1. The summed E-state index contributed by atoms with van der Waals surface area (Å²) in [5.74, 6) is 0.512. The third-order valence-corrected chi connectivity index (χ3v) is 7.50. The van der Waals surface area contributed by atoms with E-state index in [1.165, 1.54) is 4.90 Å². The van der Waals surface area contributed by atoms with Gasteiger partial charge >= 0.3 is 0 Å². The van der Waals surface area contributed by atoms with Crippen molar-refractivity contribution in [3.8, 4) is 22.6 Å². The summed E-state index contributed by atoms with van der Waals surface area (Å²) >= 11 is 0. The van der Waals surface area contributed by atoms with E-state index in [1.807, 2.05) is 78.9 Å². The van der Waals surface area contributed by atoms with Crippen molar-refractivity contribution in [2.75, 3.05) is 4.90 Å². The van der Waals surface area contributed by atoms with Crippen molar-refractivity contribution in [1.29, 1.82) is 0 Å². The zero-order valence-corrected chi connectivity index (χ0v) is 18.3. The molecule has 5 heteroatoms. The van der Waals surface area contributed by atoms with E-state index in [1.54, 1.807) is 0 Å². The molecular weight excluding hydrogens is 422 g/mol. The number of rotatable bonds is 3. The summed E-state index contributed by atoms with van der Waals surface area (Å²) in [6, 6.07) is 25.5. The fourth-order valence-corrected chi connectivity index (χ4v) is 5.94. The summed E-state index contributed by atoms with van der Waals surface area (Å²) in [5.41, 5.74) is 4.24. The molecule has 0 radical (unpaired) electrons. The number of hydrogen-bond acceptors (Lipinski definition) is 4. The number of carbonyl (C=O) groups is 2. The molecule has 4 atom stereocenters. The summed E-state index contributed by atoms with van der Waals surface area (Å²) < 4.78 is 0. The van der Waals surface area contributed by atoms with Gasteiger partial charge in [0.2, 0.25) is 11.8 Å². The third kappa shape index (κ3) is 2.73. The second kappa shape index (κ2) is 7.19. The first-order valence-electron chi connectivity index (χ1n) is 11.7. The zero-order valence-electron chi connectivity index (χ0n) is 18.3. The highest BCUT2D eigenvalue weighted by molar-refractivity contribution is 6.22. The molecule has 34 heavy (non-hydrogen) atoms. The quantitative estimate of drug-likeness (QED) is 0.319. The van der Waals surface area contributed by atoms with Crippen LogP contribution in [0.5, 0.6) is 0 Å². The van der Waals surface area contributed by atoms with Crippen LogP contribution in [0.25, 0.3) is 33.5 Å². The Bertz CT molecular complexity index is 1460. The Kier molecular flexibility index (Phi) is 4.09. The highest BCUT2D eigenvalue weighted by Gasteiger charge is 2.59. The lowest BCUT2D eigenvalue weighted by atomic mass is 9.85. The number of carbonyl (C=O) groups excluding carboxylic acids is 2. The van der Waals surface area contributed by atoms with Crippen molar-refractivity contribution >= 4 is 28.4 Å². The van der Waals surface area contributed by atoms with Crippen LogP contribution in [0.4, 0.5) is 5.69 Å². The van der Waals surface area contributed by atoms with Crippen LogP contribution in [0.3, 0.4) is 0 Å². The Morgan fingerprint density at radius 1 is 0.676 bits per heavy atom. The van der Waals surface area contributed by atoms with E-state index < -0.39 is 0 Å². The minimum Gasteiger partial charge on any atom is -0.274 e. The lowest BCUT2D eigenvalue weighted by Crippen LogP contribution is -2.32. The second-order valence-electron chi connectivity index (χ2n) is 9.34. The first-order valence-corrected chi connectivity index (χ1v) is 11.7. The number of hydrogen-bond donors (Lipinski definition) is 0. The van der Waals surface area contributed by atoms with Crippen molar-refractivity contribution < 1.29 is 9.59 Å². The first kappa shape index (κ1) is 19.4. The van der Waals surface area contributed by atoms with Crippen LogP contribution in [0, 0.1) is 23.7 Å². The number of imide groups is 1. The largest absolute Gasteiger partial charge is 0.274 e. The van der Waals surface area contributed by atoms with Crippen LogP contribution in [0.15, 0.2) is 91.0 Å². The summed E-state index contributed by atoms with van der Waals surface area (Å²) in [7, 11) is 0. The molecule has 3 aromatic carbocycles. The molecule has 4 unspecified atom stereocenters. The highest BCUT2D eigenvalue weighted by Crippen LogP contribution is 2.53. The second-order valence-corrected chi connectivity index (χ2v) is 9.34. The molecule has 3 aliphatic rings. The van der Waals surface area contributed by atoms with Gasteiger partial charge in [0.1, 0.15) is 0 Å². The summed E-state index contributed by atoms with van der Waals surface area (Å²) in [4.78, 5) is 37.4. The van der Waals surface area contributed by atoms with Crippen LogP contribution in [-0.2, 0) is 9.59 Å². The van der Waals surface area contributed by atoms with Crippen molar-refractivity contribution in [3.63, 3.8) is 0 Å². The smallest absolute Gasteiger partial charge is 0.238 e. The fraction of sp³-hybridized carbons (Fsp3) is 0.172. The summed E-state index contributed by atoms with van der Waals surface area (Å²) in [6.45, 7) is 0. The molecule has 1 aliphatic heterocycles. The molecule has 164 valence electrons. The van der Waals surface area contributed by atoms with Gasteiger partial charge in [-0.25, -0.2) is 9.97 Å². The monoisotopic (exact) mass is 443 g/mol. The Morgan fingerprint density at radius 3 is 2.03 bits per heavy atom. The van der Waals surface area contributed by atoms with E-state index >= 15 is 0 Å². The normalized spacial score (nSPS) is 24.9. The lowest BCUT2D eigenvalue weighted by Gasteiger charge is -2.17. The van der Waals surface area contributed by atoms with Crippen LogP contribution in [0.1, 0.15) is 6.42 Å². The van der Waals surface area contributed by atoms with Gasteiger partial charge < -0.3 is 0 Å². The van der Waals surface area contributed by atoms with Gasteiger partial charge in [0.15, 0.2) is 5.82 Å². The molecular formula is C29H21N3O2. The topological polar surface area (TPSA) is 63.2 Å². The maximum Gasteiger partial charge on any atom is 0.238 e. The van der Waals surface area contributed by atoms with E-state index in [0.29, 0.717) is 11.5 Å². The molecule has 7 rings (SSSR count). The molecule has 1 saturated carbocycles. The molecule has 1 saturated heterocycles. The lowest BCUT2D eigenvalue weighted by molar-refractivity contribution is -0.123. The van der Waals surface area contributed by atoms with Crippen LogP contribution < -0.4 is 4.90 Å². The number of amides is 2. The molecule has 5 nitrogen and oxygen atoms in total. The van der Waals surface area contributed by atoms with Gasteiger partial charge in [0, 0.05) is 16.5 Å². The van der Waals surface area contributed by atoms with E-state index in [0.717, 1.165) is 34.1 Å². The van der Waals surface area contributed by atoms with Crippen molar-refractivity contribution in [3.05, 3.63) is 91.0 Å². The molecule has 4 aromatic rings. The van der Waals surface area contributed by atoms with Gasteiger partial charge in [0.05, 0.1) is 28.7 Å². The maximum atomic E-state index is 13.1. The van der Waals surface area contributed by atoms with Gasteiger partial charge in [-0.3, -0.25) is 14.5 Å². The number of nitrogens with zero attached hydrogens (tertiary/aromatic N) is 3. The minimum absolute atomic E-state index is 0.0621. The van der Waals surface area contributed by atoms with Crippen molar-refractivity contribution in [2.45, 2.75) is 6.42 Å². The van der Waals surface area contributed by atoms with E-state index in [-0.39, 0.29) is 35.5 Å². The molecule has 2 aliphatic carbocycles. The number of fused-ring (bicyclic) bond motifs is 6. The summed E-state index contributed by atoms with van der Waals surface area (Å²) in [6.07, 6.45) is 5.17. The molecule has 2 bridgehead atoms. The summed E-state index contributed by atoms with van der Waals surface area (Å²) in [5, 5.41) is 0.997. The number of anilines is 1. The van der Waals surface area contributed by atoms with Crippen molar-refractivity contribution in [1.82, 2.24) is 9.97 Å². The standard InChI is InChI=1S/C29H21N3O2/c33-28-24-19-10-11-20(16-19)25(24)29(34)32(28)21-14-12-18(13-15-21)27-30-23-9-5-4-8-22(23)26(31-27)17-6-2-1-3-7-17/h1-15,19-20,24-25H,16H2. The van der Waals surface area contributed by atoms with E-state index in [4.69, 9.17) is 9.97 Å². The zero-order chi connectivity index (χ0) is 22.8. The van der Waals surface area contributed by atoms with Gasteiger partial charge in [0.25, 0.3) is 0 Å². The highest BCUT2D eigenvalue weighted by atomic mass is 16.2. The Balaban J connectivity index is 1.27. The average Bonchev–Trinajstić information content (AvgIpc) is 3.57. The molecule has 2 amide bonds. The number of allylic oxidation sites excluding steroid dienone is 2. The molecule has 1 aromatic heterocycles. The van der Waals surface area contributed by atoms with Gasteiger partial charge in [-0.15, -0.1) is 0 Å². The Labute approximate surface area is 196 Å². The predicted molar refractivity (Wildman–Crippen MR) is 131 cm³/mol. The minimum atomic E-state index is -0.195. The average molecular weight is 444 g/mol. The number of benzene rings is 3. The van der Waals surface area contributed by atoms with Crippen LogP contribution >= 0.6 is 0 Å². The third-order valence-electron chi connectivity index (χ3n) is 7.50. The molecule has 0 spiro atoms. The Hall–Kier alpha value is -4.12. The van der Waals surface area contributed by atoms with Gasteiger partial charge in [-0.05, 0) is 48.6 Å². The number of para-hydroxylation sites is 1. The van der Waals surface area contributed by atoms with Gasteiger partial charge in [-0.1, -0.05) is 60.7 Å². The van der Waals surface area contributed by atoms with Crippen molar-refractivity contribution in [2.24, 2.45) is 23.7 Å². The first-order chi connectivity index (χ1) is 16.7. The number of aromatic nitrogens is 2. The predicted octanol–water partition coefficient (Wildman–Crippen LogP) is 5.28. The van der Waals surface area contributed by atoms with E-state index in [9.17, 15) is 9.59 Å².